The molecule has 0 aromatic heterocycles. The van der Waals surface area contributed by atoms with Crippen LogP contribution in [0.2, 0.25) is 0 Å². The first-order valence-corrected chi connectivity index (χ1v) is 9.52. The zero-order valence-electron chi connectivity index (χ0n) is 15.6. The predicted octanol–water partition coefficient (Wildman–Crippen LogP) is 2.14. The Hall–Kier alpha value is -1.43. The number of hydrogen-bond donors (Lipinski definition) is 1. The Kier molecular flexibility index (Phi) is 8.07. The molecule has 1 unspecified atom stereocenters. The summed E-state index contributed by atoms with van der Waals surface area (Å²) in [6.07, 6.45) is 2.65. The van der Waals surface area contributed by atoms with Crippen molar-refractivity contribution in [3.05, 3.63) is 35.4 Å². The van der Waals surface area contributed by atoms with Crippen LogP contribution in [0, 0.1) is 0 Å². The largest absolute Gasteiger partial charge is 0.341 e. The molecule has 1 amide bonds. The Labute approximate surface area is 162 Å². The van der Waals surface area contributed by atoms with Crippen LogP contribution in [0.25, 0.3) is 0 Å². The van der Waals surface area contributed by atoms with Crippen LogP contribution < -0.4 is 5.32 Å². The van der Waals surface area contributed by atoms with E-state index >= 15 is 0 Å². The second kappa shape index (κ2) is 10.0. The van der Waals surface area contributed by atoms with Gasteiger partial charge < -0.3 is 10.2 Å². The van der Waals surface area contributed by atoms with Gasteiger partial charge in [-0.1, -0.05) is 31.2 Å². The Morgan fingerprint density at radius 2 is 1.77 bits per heavy atom. The lowest BCUT2D eigenvalue weighted by Gasteiger charge is -2.32. The lowest BCUT2D eigenvalue weighted by Crippen LogP contribution is -2.49. The second-order valence-corrected chi connectivity index (χ2v) is 7.04. The maximum absolute atomic E-state index is 12.5. The van der Waals surface area contributed by atoms with E-state index in [-0.39, 0.29) is 24.1 Å². The molecule has 0 bridgehead atoms. The molecule has 1 aromatic rings. The maximum atomic E-state index is 12.5. The quantitative estimate of drug-likeness (QED) is 0.769. The maximum Gasteiger partial charge on any atom is 0.223 e. The monoisotopic (exact) mass is 379 g/mol. The number of aryl methyl sites for hydroxylation is 1. The first-order chi connectivity index (χ1) is 12.2. The van der Waals surface area contributed by atoms with Crippen LogP contribution in [0.3, 0.4) is 0 Å². The van der Waals surface area contributed by atoms with Gasteiger partial charge >= 0.3 is 0 Å². The van der Waals surface area contributed by atoms with Crippen LogP contribution >= 0.6 is 12.4 Å². The number of halogens is 1. The molecule has 2 fully saturated rings. The van der Waals surface area contributed by atoms with E-state index in [2.05, 4.69) is 17.1 Å². The summed E-state index contributed by atoms with van der Waals surface area (Å²) in [7, 11) is 0. The molecule has 2 heterocycles. The van der Waals surface area contributed by atoms with Crippen molar-refractivity contribution in [2.45, 2.75) is 38.6 Å². The number of hydrogen-bond acceptors (Lipinski definition) is 4. The molecule has 1 aromatic carbocycles. The van der Waals surface area contributed by atoms with Crippen molar-refractivity contribution in [1.82, 2.24) is 15.1 Å². The lowest BCUT2D eigenvalue weighted by atomic mass is 10.0. The van der Waals surface area contributed by atoms with Gasteiger partial charge in [0.25, 0.3) is 0 Å². The zero-order chi connectivity index (χ0) is 17.6. The van der Waals surface area contributed by atoms with Crippen molar-refractivity contribution >= 4 is 24.1 Å². The fourth-order valence-corrected chi connectivity index (χ4v) is 3.76. The molecule has 0 saturated carbocycles. The third kappa shape index (κ3) is 5.29. The van der Waals surface area contributed by atoms with Crippen LogP contribution in [-0.2, 0) is 11.2 Å². The summed E-state index contributed by atoms with van der Waals surface area (Å²) in [5, 5.41) is 3.37. The first-order valence-electron chi connectivity index (χ1n) is 9.52. The third-order valence-electron chi connectivity index (χ3n) is 5.43. The smallest absolute Gasteiger partial charge is 0.223 e. The van der Waals surface area contributed by atoms with E-state index in [9.17, 15) is 9.59 Å². The lowest BCUT2D eigenvalue weighted by molar-refractivity contribution is -0.130. The van der Waals surface area contributed by atoms with Crippen molar-refractivity contribution in [3.8, 4) is 0 Å². The molecule has 0 spiro atoms. The van der Waals surface area contributed by atoms with Crippen molar-refractivity contribution < 1.29 is 9.59 Å². The zero-order valence-corrected chi connectivity index (χ0v) is 16.4. The highest BCUT2D eigenvalue weighted by molar-refractivity contribution is 5.98. The summed E-state index contributed by atoms with van der Waals surface area (Å²) < 4.78 is 0. The van der Waals surface area contributed by atoms with Crippen LogP contribution in [0.15, 0.2) is 24.3 Å². The summed E-state index contributed by atoms with van der Waals surface area (Å²) in [4.78, 5) is 29.2. The van der Waals surface area contributed by atoms with Gasteiger partial charge in [-0.25, -0.2) is 0 Å². The van der Waals surface area contributed by atoms with Crippen molar-refractivity contribution in [3.63, 3.8) is 0 Å². The van der Waals surface area contributed by atoms with Crippen LogP contribution in [0.4, 0.5) is 0 Å². The minimum absolute atomic E-state index is 0. The summed E-state index contributed by atoms with van der Waals surface area (Å²) in [5.74, 6) is 0.185. The van der Waals surface area contributed by atoms with Crippen LogP contribution in [0.1, 0.15) is 42.1 Å². The number of piperazine rings is 1. The molecule has 26 heavy (non-hydrogen) atoms. The Balaban J connectivity index is 0.00000243. The number of amides is 1. The highest BCUT2D eigenvalue weighted by Gasteiger charge is 2.30. The van der Waals surface area contributed by atoms with Gasteiger partial charge in [0.2, 0.25) is 5.91 Å². The van der Waals surface area contributed by atoms with Gasteiger partial charge in [0.05, 0.1) is 0 Å². The van der Waals surface area contributed by atoms with Gasteiger partial charge in [-0.05, 0) is 18.4 Å². The Morgan fingerprint density at radius 1 is 1.08 bits per heavy atom. The van der Waals surface area contributed by atoms with Crippen LogP contribution in [0.5, 0.6) is 0 Å². The SMILES string of the molecule is CCc1ccc(C(=O)CCC(=O)N2CCC(N3CCNCC3)C2)cc1.Cl. The molecular weight excluding hydrogens is 350 g/mol. The summed E-state index contributed by atoms with van der Waals surface area (Å²) in [6.45, 7) is 7.95. The second-order valence-electron chi connectivity index (χ2n) is 7.04. The number of nitrogens with one attached hydrogen (secondary N) is 1. The van der Waals surface area contributed by atoms with Crippen molar-refractivity contribution in [2.75, 3.05) is 39.3 Å². The number of likely N-dealkylation sites (tertiary alicyclic amines) is 1. The molecule has 0 aliphatic carbocycles. The van der Waals surface area contributed by atoms with Crippen LogP contribution in [-0.4, -0.2) is 66.8 Å². The number of Topliss-reactive ketones (excluding diaryl/α,β-unsaturated/α-hetero) is 1. The number of carbonyl (C=O) groups is 2. The normalized spacial score (nSPS) is 20.7. The number of ketones is 1. The summed E-state index contributed by atoms with van der Waals surface area (Å²) >= 11 is 0. The number of rotatable bonds is 6. The Bertz CT molecular complexity index is 600. The van der Waals surface area contributed by atoms with Gasteiger partial charge in [-0.15, -0.1) is 12.4 Å². The average molecular weight is 380 g/mol. The minimum atomic E-state index is 0. The third-order valence-corrected chi connectivity index (χ3v) is 5.43. The minimum Gasteiger partial charge on any atom is -0.341 e. The van der Waals surface area contributed by atoms with Gasteiger partial charge in [0.15, 0.2) is 5.78 Å². The highest BCUT2D eigenvalue weighted by Crippen LogP contribution is 2.18. The molecular formula is C20H30ClN3O2. The topological polar surface area (TPSA) is 52.7 Å². The molecule has 2 aliphatic heterocycles. The first kappa shape index (κ1) is 20.9. The van der Waals surface area contributed by atoms with Crippen molar-refractivity contribution in [2.24, 2.45) is 0 Å². The molecule has 3 rings (SSSR count). The van der Waals surface area contributed by atoms with E-state index in [0.29, 0.717) is 24.4 Å². The van der Waals surface area contributed by atoms with Gasteiger partial charge in [0.1, 0.15) is 0 Å². The molecule has 2 aliphatic rings. The summed E-state index contributed by atoms with van der Waals surface area (Å²) in [5.41, 5.74) is 1.94. The fourth-order valence-electron chi connectivity index (χ4n) is 3.76. The van der Waals surface area contributed by atoms with E-state index in [4.69, 9.17) is 0 Å². The van der Waals surface area contributed by atoms with Gasteiger partial charge in [-0.2, -0.15) is 0 Å². The van der Waals surface area contributed by atoms with E-state index in [1.165, 1.54) is 5.56 Å². The molecule has 144 valence electrons. The van der Waals surface area contributed by atoms with E-state index in [1.54, 1.807) is 0 Å². The number of carbonyl (C=O) groups excluding carboxylic acids is 2. The van der Waals surface area contributed by atoms with Gasteiger partial charge in [-0.3, -0.25) is 14.5 Å². The number of benzene rings is 1. The number of nitrogens with zero attached hydrogens (tertiary/aromatic N) is 2. The molecule has 6 heteroatoms. The molecule has 1 atom stereocenters. The van der Waals surface area contributed by atoms with E-state index in [1.807, 2.05) is 29.2 Å². The molecule has 1 N–H and O–H groups in total. The van der Waals surface area contributed by atoms with Gasteiger partial charge in [0, 0.05) is 63.7 Å². The highest BCUT2D eigenvalue weighted by atomic mass is 35.5. The van der Waals surface area contributed by atoms with Crippen molar-refractivity contribution in [1.29, 1.82) is 0 Å². The van der Waals surface area contributed by atoms with E-state index in [0.717, 1.165) is 52.1 Å². The standard InChI is InChI=1S/C20H29N3O2.ClH/c1-2-16-3-5-17(6-4-16)19(24)7-8-20(25)23-12-9-18(15-23)22-13-10-21-11-14-22;/h3-6,18,21H,2,7-15H2,1H3;1H. The average Bonchev–Trinajstić information content (AvgIpc) is 3.17. The fraction of sp³-hybridized carbons (Fsp3) is 0.600. The molecule has 5 nitrogen and oxygen atoms in total. The predicted molar refractivity (Wildman–Crippen MR) is 106 cm³/mol. The molecule has 2 saturated heterocycles. The Morgan fingerprint density at radius 3 is 2.42 bits per heavy atom. The molecule has 0 radical (unpaired) electrons. The van der Waals surface area contributed by atoms with E-state index < -0.39 is 0 Å². The summed E-state index contributed by atoms with van der Waals surface area (Å²) in [6, 6.07) is 8.23.